The van der Waals surface area contributed by atoms with Gasteiger partial charge in [0, 0.05) is 22.9 Å². The van der Waals surface area contributed by atoms with Crippen molar-refractivity contribution >= 4 is 23.2 Å². The van der Waals surface area contributed by atoms with Crippen molar-refractivity contribution in [3.63, 3.8) is 0 Å². The van der Waals surface area contributed by atoms with Crippen LogP contribution in [-0.2, 0) is 4.79 Å². The van der Waals surface area contributed by atoms with E-state index >= 15 is 0 Å². The average molecular weight is 370 g/mol. The summed E-state index contributed by atoms with van der Waals surface area (Å²) in [4.78, 5) is 24.6. The molecule has 0 aromatic heterocycles. The fourth-order valence-electron chi connectivity index (χ4n) is 3.93. The zero-order valence-corrected chi connectivity index (χ0v) is 16.1. The van der Waals surface area contributed by atoms with Crippen molar-refractivity contribution in [3.05, 3.63) is 29.8 Å². The van der Waals surface area contributed by atoms with Gasteiger partial charge < -0.3 is 5.32 Å². The van der Waals surface area contributed by atoms with Crippen LogP contribution < -0.4 is 10.7 Å². The van der Waals surface area contributed by atoms with Crippen molar-refractivity contribution < 1.29 is 9.59 Å². The molecule has 0 radical (unpaired) electrons. The van der Waals surface area contributed by atoms with E-state index in [9.17, 15) is 9.59 Å². The van der Waals surface area contributed by atoms with Gasteiger partial charge in [0.05, 0.1) is 0 Å². The molecule has 5 heteroatoms. The van der Waals surface area contributed by atoms with Gasteiger partial charge in [-0.1, -0.05) is 38.5 Å². The minimum atomic E-state index is -0.199. The molecule has 0 unspecified atom stereocenters. The van der Waals surface area contributed by atoms with E-state index in [0.29, 0.717) is 5.56 Å². The topological polar surface area (TPSA) is 70.6 Å². The Hall–Kier alpha value is -2.17. The maximum Gasteiger partial charge on any atom is 0.271 e. The van der Waals surface area contributed by atoms with Crippen LogP contribution in [0, 0.1) is 5.92 Å². The number of benzene rings is 1. The van der Waals surface area contributed by atoms with Crippen LogP contribution in [0.1, 0.15) is 87.4 Å². The Morgan fingerprint density at radius 1 is 0.815 bits per heavy atom. The molecule has 2 N–H and O–H groups in total. The summed E-state index contributed by atoms with van der Waals surface area (Å²) in [6.45, 7) is 0. The van der Waals surface area contributed by atoms with E-state index in [1.807, 2.05) is 0 Å². The fourth-order valence-corrected chi connectivity index (χ4v) is 3.93. The third-order valence-electron chi connectivity index (χ3n) is 5.64. The molecular formula is C22H31N3O2. The summed E-state index contributed by atoms with van der Waals surface area (Å²) in [6.07, 6.45) is 13.6. The summed E-state index contributed by atoms with van der Waals surface area (Å²) in [6, 6.07) is 7.06. The number of hydrazone groups is 1. The molecule has 27 heavy (non-hydrogen) atoms. The van der Waals surface area contributed by atoms with E-state index in [1.165, 1.54) is 25.7 Å². The predicted molar refractivity (Wildman–Crippen MR) is 109 cm³/mol. The Morgan fingerprint density at radius 3 is 2.07 bits per heavy atom. The van der Waals surface area contributed by atoms with E-state index < -0.39 is 0 Å². The molecule has 1 aromatic carbocycles. The van der Waals surface area contributed by atoms with Crippen LogP contribution in [0.3, 0.4) is 0 Å². The van der Waals surface area contributed by atoms with Gasteiger partial charge in [-0.25, -0.2) is 5.43 Å². The Morgan fingerprint density at radius 2 is 1.41 bits per heavy atom. The van der Waals surface area contributed by atoms with Crippen LogP contribution in [-0.4, -0.2) is 17.5 Å². The lowest BCUT2D eigenvalue weighted by atomic mass is 9.88. The molecule has 0 saturated heterocycles. The molecule has 2 saturated carbocycles. The van der Waals surface area contributed by atoms with Crippen molar-refractivity contribution in [2.45, 2.75) is 77.0 Å². The van der Waals surface area contributed by atoms with Gasteiger partial charge in [0.25, 0.3) is 5.91 Å². The number of amides is 2. The fraction of sp³-hybridized carbons (Fsp3) is 0.591. The molecule has 5 nitrogen and oxygen atoms in total. The Bertz CT molecular complexity index is 651. The van der Waals surface area contributed by atoms with Crippen molar-refractivity contribution in [1.82, 2.24) is 5.43 Å². The van der Waals surface area contributed by atoms with Crippen molar-refractivity contribution in [2.24, 2.45) is 11.0 Å². The average Bonchev–Trinajstić information content (AvgIpc) is 2.68. The Balaban J connectivity index is 1.51. The number of hydrogen-bond acceptors (Lipinski definition) is 3. The predicted octanol–water partition coefficient (Wildman–Crippen LogP) is 5.04. The minimum absolute atomic E-state index is 0.0996. The molecule has 0 bridgehead atoms. The first-order chi connectivity index (χ1) is 13.2. The van der Waals surface area contributed by atoms with Crippen molar-refractivity contribution in [1.29, 1.82) is 0 Å². The van der Waals surface area contributed by atoms with Gasteiger partial charge in [-0.05, 0) is 62.8 Å². The first-order valence-electron chi connectivity index (χ1n) is 10.5. The largest absolute Gasteiger partial charge is 0.326 e. The number of anilines is 1. The molecule has 2 fully saturated rings. The molecule has 0 spiro atoms. The lowest BCUT2D eigenvalue weighted by Crippen LogP contribution is -2.24. The molecule has 0 aliphatic heterocycles. The van der Waals surface area contributed by atoms with Crippen LogP contribution >= 0.6 is 0 Å². The molecule has 0 atom stereocenters. The lowest BCUT2D eigenvalue weighted by molar-refractivity contribution is -0.120. The van der Waals surface area contributed by atoms with E-state index in [0.717, 1.165) is 62.8 Å². The minimum Gasteiger partial charge on any atom is -0.326 e. The highest BCUT2D eigenvalue weighted by atomic mass is 16.2. The molecular weight excluding hydrogens is 338 g/mol. The van der Waals surface area contributed by atoms with E-state index in [4.69, 9.17) is 0 Å². The van der Waals surface area contributed by atoms with Crippen LogP contribution in [0.25, 0.3) is 0 Å². The number of carbonyl (C=O) groups is 2. The van der Waals surface area contributed by atoms with Crippen LogP contribution in [0.5, 0.6) is 0 Å². The number of hydrogen-bond donors (Lipinski definition) is 2. The Labute approximate surface area is 162 Å². The van der Waals surface area contributed by atoms with E-state index in [-0.39, 0.29) is 17.7 Å². The van der Waals surface area contributed by atoms with Crippen molar-refractivity contribution in [2.75, 3.05) is 5.32 Å². The smallest absolute Gasteiger partial charge is 0.271 e. The lowest BCUT2D eigenvalue weighted by Gasteiger charge is -2.20. The Kier molecular flexibility index (Phi) is 7.43. The number of rotatable bonds is 4. The number of carbonyl (C=O) groups excluding carboxylic acids is 2. The third kappa shape index (κ3) is 6.19. The van der Waals surface area contributed by atoms with Gasteiger partial charge in [-0.2, -0.15) is 5.10 Å². The highest BCUT2D eigenvalue weighted by Gasteiger charge is 2.21. The molecule has 3 rings (SSSR count). The van der Waals surface area contributed by atoms with Gasteiger partial charge in [-0.3, -0.25) is 9.59 Å². The second kappa shape index (κ2) is 10.2. The summed E-state index contributed by atoms with van der Waals surface area (Å²) in [5.41, 5.74) is 5.09. The van der Waals surface area contributed by atoms with E-state index in [2.05, 4.69) is 15.8 Å². The second-order valence-corrected chi connectivity index (χ2v) is 7.79. The number of nitrogens with zero attached hydrogens (tertiary/aromatic N) is 1. The summed E-state index contributed by atoms with van der Waals surface area (Å²) in [5.74, 6) is 0.0265. The molecule has 2 aliphatic carbocycles. The molecule has 2 amide bonds. The zero-order valence-electron chi connectivity index (χ0n) is 16.1. The first-order valence-corrected chi connectivity index (χ1v) is 10.5. The summed E-state index contributed by atoms with van der Waals surface area (Å²) in [5, 5.41) is 7.32. The summed E-state index contributed by atoms with van der Waals surface area (Å²) < 4.78 is 0. The number of nitrogens with one attached hydrogen (secondary N) is 2. The quantitative estimate of drug-likeness (QED) is 0.730. The van der Waals surface area contributed by atoms with Crippen LogP contribution in [0.2, 0.25) is 0 Å². The van der Waals surface area contributed by atoms with Gasteiger partial charge in [-0.15, -0.1) is 0 Å². The third-order valence-corrected chi connectivity index (χ3v) is 5.64. The molecule has 146 valence electrons. The molecule has 1 aromatic rings. The molecule has 2 aliphatic rings. The van der Waals surface area contributed by atoms with Gasteiger partial charge in [0.15, 0.2) is 0 Å². The van der Waals surface area contributed by atoms with Gasteiger partial charge in [0.2, 0.25) is 5.91 Å². The maximum absolute atomic E-state index is 12.3. The standard InChI is InChI=1S/C22H31N3O2/c26-21(17-9-5-4-6-10-17)23-19-15-13-18(14-16-19)22(27)25-24-20-11-7-2-1-3-8-12-20/h13-17H,1-12H2,(H,23,26)(H,25,27). The highest BCUT2D eigenvalue weighted by molar-refractivity contribution is 5.97. The monoisotopic (exact) mass is 369 g/mol. The van der Waals surface area contributed by atoms with Crippen LogP contribution in [0.4, 0.5) is 5.69 Å². The molecule has 0 heterocycles. The highest BCUT2D eigenvalue weighted by Crippen LogP contribution is 2.25. The maximum atomic E-state index is 12.3. The zero-order chi connectivity index (χ0) is 18.9. The van der Waals surface area contributed by atoms with Gasteiger partial charge >= 0.3 is 0 Å². The first kappa shape index (κ1) is 19.6. The SMILES string of the molecule is O=C(NN=C1CCCCCCC1)c1ccc(NC(=O)C2CCCCC2)cc1. The van der Waals surface area contributed by atoms with Gasteiger partial charge in [0.1, 0.15) is 0 Å². The van der Waals surface area contributed by atoms with Crippen LogP contribution in [0.15, 0.2) is 29.4 Å². The summed E-state index contributed by atoms with van der Waals surface area (Å²) >= 11 is 0. The van der Waals surface area contributed by atoms with E-state index in [1.54, 1.807) is 24.3 Å². The van der Waals surface area contributed by atoms with Crippen molar-refractivity contribution in [3.8, 4) is 0 Å². The summed E-state index contributed by atoms with van der Waals surface area (Å²) in [7, 11) is 0. The second-order valence-electron chi connectivity index (χ2n) is 7.79. The normalized spacial score (nSPS) is 18.9.